The highest BCUT2D eigenvalue weighted by Gasteiger charge is 2.28. The summed E-state index contributed by atoms with van der Waals surface area (Å²) in [6, 6.07) is 15.0. The van der Waals surface area contributed by atoms with Gasteiger partial charge in [0.15, 0.2) is 6.10 Å². The predicted molar refractivity (Wildman–Crippen MR) is 107 cm³/mol. The van der Waals surface area contributed by atoms with Crippen molar-refractivity contribution in [3.8, 4) is 11.5 Å². The smallest absolute Gasteiger partial charge is 0.263 e. The second-order valence-corrected chi connectivity index (χ2v) is 7.15. The van der Waals surface area contributed by atoms with E-state index in [1.165, 1.54) is 0 Å². The Bertz CT molecular complexity index is 836. The van der Waals surface area contributed by atoms with Crippen LogP contribution in [0.4, 0.5) is 5.69 Å². The van der Waals surface area contributed by atoms with Crippen molar-refractivity contribution in [3.05, 3.63) is 54.1 Å². The summed E-state index contributed by atoms with van der Waals surface area (Å²) < 4.78 is 11.6. The lowest BCUT2D eigenvalue weighted by molar-refractivity contribution is -0.138. The first-order chi connectivity index (χ1) is 13.4. The van der Waals surface area contributed by atoms with Gasteiger partial charge in [-0.25, -0.2) is 0 Å². The molecule has 0 bridgehead atoms. The largest absolute Gasteiger partial charge is 0.492 e. The topological polar surface area (TPSA) is 67.9 Å². The lowest BCUT2D eigenvalue weighted by Crippen LogP contribution is -2.40. The molecule has 6 nitrogen and oxygen atoms in total. The van der Waals surface area contributed by atoms with Gasteiger partial charge >= 0.3 is 0 Å². The number of hydrogen-bond donors (Lipinski definition) is 1. The Labute approximate surface area is 165 Å². The molecule has 0 saturated heterocycles. The van der Waals surface area contributed by atoms with Gasteiger partial charge in [0.2, 0.25) is 5.91 Å². The highest BCUT2D eigenvalue weighted by atomic mass is 16.5. The van der Waals surface area contributed by atoms with Crippen LogP contribution >= 0.6 is 0 Å². The standard InChI is InChI=1S/C22H26N2O4/c1-15(2)21(25)23-18-9-10-20-17(13-18)14-24(22(26)16(3)28-20)11-12-27-19-7-5-4-6-8-19/h4-10,13,15-16H,11-12,14H2,1-3H3,(H,23,25)/t16-/m0/s1. The monoisotopic (exact) mass is 382 g/mol. The van der Waals surface area contributed by atoms with Crippen LogP contribution in [0.15, 0.2) is 48.5 Å². The van der Waals surface area contributed by atoms with Gasteiger partial charge in [0, 0.05) is 23.7 Å². The molecule has 2 amide bonds. The highest BCUT2D eigenvalue weighted by molar-refractivity contribution is 5.92. The lowest BCUT2D eigenvalue weighted by atomic mass is 10.1. The van der Waals surface area contributed by atoms with Crippen LogP contribution in [0.2, 0.25) is 0 Å². The first kappa shape index (κ1) is 19.7. The number of para-hydroxylation sites is 1. The van der Waals surface area contributed by atoms with Crippen molar-refractivity contribution >= 4 is 17.5 Å². The maximum absolute atomic E-state index is 12.7. The minimum absolute atomic E-state index is 0.0490. The molecular weight excluding hydrogens is 356 g/mol. The number of anilines is 1. The molecule has 0 fully saturated rings. The first-order valence-corrected chi connectivity index (χ1v) is 9.51. The number of carbonyl (C=O) groups is 2. The molecule has 0 unspecified atom stereocenters. The van der Waals surface area contributed by atoms with Crippen molar-refractivity contribution in [2.75, 3.05) is 18.5 Å². The fourth-order valence-corrected chi connectivity index (χ4v) is 2.94. The molecule has 1 aliphatic heterocycles. The quantitative estimate of drug-likeness (QED) is 0.831. The predicted octanol–water partition coefficient (Wildman–Crippen LogP) is 3.47. The number of hydrogen-bond acceptors (Lipinski definition) is 4. The number of ether oxygens (including phenoxy) is 2. The van der Waals surface area contributed by atoms with Gasteiger partial charge in [-0.1, -0.05) is 32.0 Å². The molecule has 1 aliphatic rings. The maximum atomic E-state index is 12.7. The van der Waals surface area contributed by atoms with Crippen LogP contribution in [0.25, 0.3) is 0 Å². The summed E-state index contributed by atoms with van der Waals surface area (Å²) in [6.45, 7) is 6.68. The van der Waals surface area contributed by atoms with Crippen LogP contribution in [0.5, 0.6) is 11.5 Å². The van der Waals surface area contributed by atoms with Crippen molar-refractivity contribution in [1.82, 2.24) is 4.90 Å². The SMILES string of the molecule is CC(C)C(=O)Nc1ccc2c(c1)CN(CCOc1ccccc1)C(=O)[C@H](C)O2. The fourth-order valence-electron chi connectivity index (χ4n) is 2.94. The van der Waals surface area contributed by atoms with Gasteiger partial charge in [0.1, 0.15) is 18.1 Å². The van der Waals surface area contributed by atoms with Crippen LogP contribution in [-0.4, -0.2) is 36.0 Å². The average molecular weight is 382 g/mol. The molecular formula is C22H26N2O4. The summed E-state index contributed by atoms with van der Waals surface area (Å²) in [4.78, 5) is 26.4. The van der Waals surface area contributed by atoms with Gasteiger partial charge in [-0.15, -0.1) is 0 Å². The lowest BCUT2D eigenvalue weighted by Gasteiger charge is -2.22. The van der Waals surface area contributed by atoms with Gasteiger partial charge in [-0.05, 0) is 37.3 Å². The van der Waals surface area contributed by atoms with Gasteiger partial charge in [0.25, 0.3) is 5.91 Å². The molecule has 1 N–H and O–H groups in total. The van der Waals surface area contributed by atoms with E-state index in [0.29, 0.717) is 31.1 Å². The highest BCUT2D eigenvalue weighted by Crippen LogP contribution is 2.28. The van der Waals surface area contributed by atoms with E-state index in [1.54, 1.807) is 24.0 Å². The Morgan fingerprint density at radius 2 is 2.00 bits per heavy atom. The van der Waals surface area contributed by atoms with Crippen molar-refractivity contribution < 1.29 is 19.1 Å². The zero-order valence-corrected chi connectivity index (χ0v) is 16.5. The van der Waals surface area contributed by atoms with Gasteiger partial charge in [-0.2, -0.15) is 0 Å². The normalized spacial score (nSPS) is 16.2. The molecule has 2 aromatic rings. The summed E-state index contributed by atoms with van der Waals surface area (Å²) >= 11 is 0. The minimum atomic E-state index is -0.575. The molecule has 1 heterocycles. The van der Waals surface area contributed by atoms with Gasteiger partial charge < -0.3 is 19.7 Å². The van der Waals surface area contributed by atoms with Crippen molar-refractivity contribution in [2.24, 2.45) is 5.92 Å². The van der Waals surface area contributed by atoms with Crippen LogP contribution in [-0.2, 0) is 16.1 Å². The molecule has 28 heavy (non-hydrogen) atoms. The van der Waals surface area contributed by atoms with Crippen LogP contribution in [0, 0.1) is 5.92 Å². The third-order valence-corrected chi connectivity index (χ3v) is 4.55. The molecule has 2 aromatic carbocycles. The zero-order valence-electron chi connectivity index (χ0n) is 16.5. The first-order valence-electron chi connectivity index (χ1n) is 9.51. The van der Waals surface area contributed by atoms with E-state index < -0.39 is 6.10 Å². The fraction of sp³-hybridized carbons (Fsp3) is 0.364. The molecule has 0 radical (unpaired) electrons. The van der Waals surface area contributed by atoms with Gasteiger partial charge in [-0.3, -0.25) is 9.59 Å². The van der Waals surface area contributed by atoms with Crippen LogP contribution in [0.3, 0.4) is 0 Å². The third kappa shape index (κ3) is 4.82. The Kier molecular flexibility index (Phi) is 6.19. The summed E-state index contributed by atoms with van der Waals surface area (Å²) in [7, 11) is 0. The Hall–Kier alpha value is -3.02. The molecule has 148 valence electrons. The van der Waals surface area contributed by atoms with E-state index >= 15 is 0 Å². The van der Waals surface area contributed by atoms with Gasteiger partial charge in [0.05, 0.1) is 6.54 Å². The maximum Gasteiger partial charge on any atom is 0.263 e. The molecule has 3 rings (SSSR count). The van der Waals surface area contributed by atoms with Crippen molar-refractivity contribution in [1.29, 1.82) is 0 Å². The zero-order chi connectivity index (χ0) is 20.1. The second kappa shape index (κ2) is 8.78. The van der Waals surface area contributed by atoms with E-state index in [4.69, 9.17) is 9.47 Å². The van der Waals surface area contributed by atoms with E-state index in [-0.39, 0.29) is 17.7 Å². The Balaban J connectivity index is 1.71. The average Bonchev–Trinajstić information content (AvgIpc) is 2.79. The van der Waals surface area contributed by atoms with E-state index in [1.807, 2.05) is 50.2 Å². The third-order valence-electron chi connectivity index (χ3n) is 4.55. The molecule has 0 aliphatic carbocycles. The molecule has 0 saturated carbocycles. The number of rotatable bonds is 6. The van der Waals surface area contributed by atoms with Crippen molar-refractivity contribution in [2.45, 2.75) is 33.4 Å². The number of nitrogens with one attached hydrogen (secondary N) is 1. The summed E-state index contributed by atoms with van der Waals surface area (Å²) in [5, 5.41) is 2.89. The molecule has 1 atom stereocenters. The molecule has 6 heteroatoms. The number of fused-ring (bicyclic) bond motifs is 1. The second-order valence-electron chi connectivity index (χ2n) is 7.15. The number of nitrogens with zero attached hydrogens (tertiary/aromatic N) is 1. The van der Waals surface area contributed by atoms with E-state index in [2.05, 4.69) is 5.32 Å². The van der Waals surface area contributed by atoms with E-state index in [0.717, 1.165) is 11.3 Å². The Morgan fingerprint density at radius 3 is 2.71 bits per heavy atom. The number of benzene rings is 2. The van der Waals surface area contributed by atoms with Crippen molar-refractivity contribution in [3.63, 3.8) is 0 Å². The number of amides is 2. The minimum Gasteiger partial charge on any atom is -0.492 e. The summed E-state index contributed by atoms with van der Waals surface area (Å²) in [6.07, 6.45) is -0.575. The molecule has 0 spiro atoms. The van der Waals surface area contributed by atoms with Crippen LogP contribution < -0.4 is 14.8 Å². The summed E-state index contributed by atoms with van der Waals surface area (Å²) in [5.74, 6) is 1.19. The van der Waals surface area contributed by atoms with E-state index in [9.17, 15) is 9.59 Å². The molecule has 0 aromatic heterocycles. The number of carbonyl (C=O) groups excluding carboxylic acids is 2. The summed E-state index contributed by atoms with van der Waals surface area (Å²) in [5.41, 5.74) is 1.56. The van der Waals surface area contributed by atoms with Crippen LogP contribution in [0.1, 0.15) is 26.3 Å². The Morgan fingerprint density at radius 1 is 1.25 bits per heavy atom.